The van der Waals surface area contributed by atoms with E-state index in [1.807, 2.05) is 36.1 Å². The van der Waals surface area contributed by atoms with Crippen LogP contribution < -0.4 is 5.73 Å². The number of nitrogens with two attached hydrogens (primary N) is 1. The molecule has 2 N–H and O–H groups in total. The highest BCUT2D eigenvalue weighted by Crippen LogP contribution is 2.29. The largest absolute Gasteiger partial charge is 0.339 e. The van der Waals surface area contributed by atoms with Gasteiger partial charge in [-0.3, -0.25) is 4.79 Å². The summed E-state index contributed by atoms with van der Waals surface area (Å²) in [4.78, 5) is 15.6. The smallest absolute Gasteiger partial charge is 0.236 e. The molecule has 0 aromatic heterocycles. The second-order valence-corrected chi connectivity index (χ2v) is 7.24. The Balaban J connectivity index is 1.96. The van der Waals surface area contributed by atoms with Gasteiger partial charge in [0, 0.05) is 22.5 Å². The summed E-state index contributed by atoms with van der Waals surface area (Å²) in [7, 11) is 0. The maximum absolute atomic E-state index is 12.5. The van der Waals surface area contributed by atoms with Crippen molar-refractivity contribution in [1.82, 2.24) is 4.90 Å². The molecule has 5 heteroatoms. The van der Waals surface area contributed by atoms with Gasteiger partial charge in [0.2, 0.25) is 5.91 Å². The monoisotopic (exact) mass is 312 g/mol. The van der Waals surface area contributed by atoms with E-state index in [9.17, 15) is 4.79 Å². The van der Waals surface area contributed by atoms with Crippen molar-refractivity contribution in [2.75, 3.05) is 13.1 Å². The minimum atomic E-state index is -0.0878. The molecule has 1 aliphatic heterocycles. The second-order valence-electron chi connectivity index (χ2n) is 5.39. The molecular formula is C15H21ClN2OS. The third kappa shape index (κ3) is 3.68. The molecule has 1 aromatic rings. The zero-order valence-electron chi connectivity index (χ0n) is 11.9. The Morgan fingerprint density at radius 2 is 2.15 bits per heavy atom. The number of carbonyl (C=O) groups excluding carboxylic acids is 1. The van der Waals surface area contributed by atoms with E-state index in [0.29, 0.717) is 23.5 Å². The van der Waals surface area contributed by atoms with Crippen LogP contribution in [0.4, 0.5) is 0 Å². The van der Waals surface area contributed by atoms with E-state index >= 15 is 0 Å². The van der Waals surface area contributed by atoms with Gasteiger partial charge in [-0.25, -0.2) is 0 Å². The predicted molar refractivity (Wildman–Crippen MR) is 85.1 cm³/mol. The highest BCUT2D eigenvalue weighted by atomic mass is 35.5. The zero-order valence-corrected chi connectivity index (χ0v) is 13.5. The standard InChI is InChI=1S/C15H21ClN2OS/c1-10-7-12(8-17)9-18(10)15(19)11(2)20-14-5-3-13(16)4-6-14/h3-6,10-12H,7-9,17H2,1-2H3. The molecule has 20 heavy (non-hydrogen) atoms. The van der Waals surface area contributed by atoms with Crippen molar-refractivity contribution >= 4 is 29.3 Å². The van der Waals surface area contributed by atoms with E-state index in [4.69, 9.17) is 17.3 Å². The molecule has 3 nitrogen and oxygen atoms in total. The molecule has 1 heterocycles. The average molecular weight is 313 g/mol. The van der Waals surface area contributed by atoms with Gasteiger partial charge in [0.15, 0.2) is 0 Å². The van der Waals surface area contributed by atoms with Crippen LogP contribution in [0.1, 0.15) is 20.3 Å². The van der Waals surface area contributed by atoms with Gasteiger partial charge in [-0.2, -0.15) is 0 Å². The molecule has 1 fully saturated rings. The van der Waals surface area contributed by atoms with Crippen LogP contribution in [0.3, 0.4) is 0 Å². The lowest BCUT2D eigenvalue weighted by atomic mass is 10.1. The number of nitrogens with zero attached hydrogens (tertiary/aromatic N) is 1. The van der Waals surface area contributed by atoms with Gasteiger partial charge in [-0.1, -0.05) is 11.6 Å². The summed E-state index contributed by atoms with van der Waals surface area (Å²) in [6.45, 7) is 5.52. The number of amides is 1. The highest BCUT2D eigenvalue weighted by molar-refractivity contribution is 8.00. The van der Waals surface area contributed by atoms with Crippen molar-refractivity contribution in [3.05, 3.63) is 29.3 Å². The lowest BCUT2D eigenvalue weighted by molar-refractivity contribution is -0.130. The summed E-state index contributed by atoms with van der Waals surface area (Å²) in [6.07, 6.45) is 1.01. The lowest BCUT2D eigenvalue weighted by Gasteiger charge is -2.25. The molecule has 0 aliphatic carbocycles. The summed E-state index contributed by atoms with van der Waals surface area (Å²) >= 11 is 7.45. The topological polar surface area (TPSA) is 46.3 Å². The summed E-state index contributed by atoms with van der Waals surface area (Å²) in [5.74, 6) is 0.648. The summed E-state index contributed by atoms with van der Waals surface area (Å²) in [6, 6.07) is 7.90. The van der Waals surface area contributed by atoms with Gasteiger partial charge in [0.05, 0.1) is 5.25 Å². The van der Waals surface area contributed by atoms with E-state index in [1.54, 1.807) is 11.8 Å². The fraction of sp³-hybridized carbons (Fsp3) is 0.533. The van der Waals surface area contributed by atoms with Crippen molar-refractivity contribution in [3.8, 4) is 0 Å². The van der Waals surface area contributed by atoms with E-state index in [-0.39, 0.29) is 11.2 Å². The van der Waals surface area contributed by atoms with Gasteiger partial charge >= 0.3 is 0 Å². The number of hydrogen-bond acceptors (Lipinski definition) is 3. The van der Waals surface area contributed by atoms with Crippen molar-refractivity contribution in [2.45, 2.75) is 36.5 Å². The molecule has 0 bridgehead atoms. The van der Waals surface area contributed by atoms with Gasteiger partial charge in [-0.15, -0.1) is 11.8 Å². The number of benzene rings is 1. The summed E-state index contributed by atoms with van der Waals surface area (Å²) in [5, 5.41) is 0.627. The maximum atomic E-state index is 12.5. The number of carbonyl (C=O) groups is 1. The van der Waals surface area contributed by atoms with Gasteiger partial charge < -0.3 is 10.6 Å². The van der Waals surface area contributed by atoms with Crippen LogP contribution in [-0.4, -0.2) is 35.2 Å². The Morgan fingerprint density at radius 3 is 2.70 bits per heavy atom. The van der Waals surface area contributed by atoms with Gasteiger partial charge in [-0.05, 0) is 57.0 Å². The molecule has 3 atom stereocenters. The molecule has 0 saturated carbocycles. The average Bonchev–Trinajstić information content (AvgIpc) is 2.81. The molecule has 1 aliphatic rings. The normalized spacial score (nSPS) is 23.9. The predicted octanol–water partition coefficient (Wildman–Crippen LogP) is 3.02. The number of hydrogen-bond donors (Lipinski definition) is 1. The Bertz CT molecular complexity index is 465. The van der Waals surface area contributed by atoms with Crippen LogP contribution in [0.5, 0.6) is 0 Å². The second kappa shape index (κ2) is 6.83. The van der Waals surface area contributed by atoms with Crippen molar-refractivity contribution in [1.29, 1.82) is 0 Å². The first-order chi connectivity index (χ1) is 9.51. The summed E-state index contributed by atoms with van der Waals surface area (Å²) < 4.78 is 0. The fourth-order valence-corrected chi connectivity index (χ4v) is 3.69. The minimum Gasteiger partial charge on any atom is -0.339 e. The van der Waals surface area contributed by atoms with Crippen LogP contribution >= 0.6 is 23.4 Å². The first-order valence-electron chi connectivity index (χ1n) is 6.94. The Kier molecular flexibility index (Phi) is 5.35. The molecule has 0 spiro atoms. The molecule has 110 valence electrons. The molecule has 1 saturated heterocycles. The van der Waals surface area contributed by atoms with Gasteiger partial charge in [0.1, 0.15) is 0 Å². The molecular weight excluding hydrogens is 292 g/mol. The van der Waals surface area contributed by atoms with Crippen LogP contribution in [0.15, 0.2) is 29.2 Å². The van der Waals surface area contributed by atoms with Crippen LogP contribution in [0.2, 0.25) is 5.02 Å². The van der Waals surface area contributed by atoms with E-state index in [1.165, 1.54) is 0 Å². The third-order valence-electron chi connectivity index (χ3n) is 3.75. The first-order valence-corrected chi connectivity index (χ1v) is 8.19. The first kappa shape index (κ1) is 15.7. The molecule has 1 amide bonds. The number of thioether (sulfide) groups is 1. The van der Waals surface area contributed by atoms with Crippen LogP contribution in [0, 0.1) is 5.92 Å². The Morgan fingerprint density at radius 1 is 1.50 bits per heavy atom. The number of rotatable bonds is 4. The van der Waals surface area contributed by atoms with Crippen molar-refractivity contribution in [3.63, 3.8) is 0 Å². The SMILES string of the molecule is CC(Sc1ccc(Cl)cc1)C(=O)N1CC(CN)CC1C. The maximum Gasteiger partial charge on any atom is 0.236 e. The molecule has 1 aromatic carbocycles. The number of halogens is 1. The Labute approximate surface area is 129 Å². The summed E-state index contributed by atoms with van der Waals surface area (Å²) in [5.41, 5.74) is 5.72. The third-order valence-corrected chi connectivity index (χ3v) is 5.10. The van der Waals surface area contributed by atoms with E-state index < -0.39 is 0 Å². The van der Waals surface area contributed by atoms with Gasteiger partial charge in [0.25, 0.3) is 0 Å². The molecule has 0 radical (unpaired) electrons. The lowest BCUT2D eigenvalue weighted by Crippen LogP contribution is -2.39. The Hall–Kier alpha value is -0.710. The number of likely N-dealkylation sites (tertiary alicyclic amines) is 1. The van der Waals surface area contributed by atoms with E-state index in [2.05, 4.69) is 6.92 Å². The fourth-order valence-electron chi connectivity index (χ4n) is 2.62. The minimum absolute atomic E-state index is 0.0878. The van der Waals surface area contributed by atoms with Crippen molar-refractivity contribution < 1.29 is 4.79 Å². The van der Waals surface area contributed by atoms with E-state index in [0.717, 1.165) is 17.9 Å². The molecule has 3 unspecified atom stereocenters. The van der Waals surface area contributed by atoms with Crippen LogP contribution in [0.25, 0.3) is 0 Å². The zero-order chi connectivity index (χ0) is 14.7. The van der Waals surface area contributed by atoms with Crippen molar-refractivity contribution in [2.24, 2.45) is 11.7 Å². The highest BCUT2D eigenvalue weighted by Gasteiger charge is 2.33. The quantitative estimate of drug-likeness (QED) is 0.869. The van der Waals surface area contributed by atoms with Crippen LogP contribution in [-0.2, 0) is 4.79 Å². The molecule has 2 rings (SSSR count).